The van der Waals surface area contributed by atoms with Gasteiger partial charge in [-0.05, 0) is 13.8 Å². The fourth-order valence-corrected chi connectivity index (χ4v) is 0.904. The smallest absolute Gasteiger partial charge is 0.157 e. The summed E-state index contributed by atoms with van der Waals surface area (Å²) in [6.45, 7) is 2.66. The second-order valence-corrected chi connectivity index (χ2v) is 4.45. The molecule has 1 atom stereocenters. The van der Waals surface area contributed by atoms with Gasteiger partial charge in [0.2, 0.25) is 0 Å². The Morgan fingerprint density at radius 1 is 1.44 bits per heavy atom. The summed E-state index contributed by atoms with van der Waals surface area (Å²) in [6, 6.07) is 0. The quantitative estimate of drug-likeness (QED) is 0.557. The summed E-state index contributed by atoms with van der Waals surface area (Å²) in [4.78, 5) is 10.4. The number of rotatable bonds is 2. The van der Waals surface area contributed by atoms with Gasteiger partial charge in [0.15, 0.2) is 9.84 Å². The zero-order chi connectivity index (χ0) is 7.65. The van der Waals surface area contributed by atoms with Gasteiger partial charge in [0.25, 0.3) is 0 Å². The van der Waals surface area contributed by atoms with E-state index in [1.807, 2.05) is 0 Å². The summed E-state index contributed by atoms with van der Waals surface area (Å²) in [6.07, 6.45) is 1.05. The number of carbonyl (C=O) groups is 1. The molecule has 3 nitrogen and oxygen atoms in total. The molecular formula is C5H10O3S. The fraction of sp³-hybridized carbons (Fsp3) is 0.800. The topological polar surface area (TPSA) is 51.2 Å². The Morgan fingerprint density at radius 2 is 1.78 bits per heavy atom. The summed E-state index contributed by atoms with van der Waals surface area (Å²) < 4.78 is 21.1. The maximum Gasteiger partial charge on any atom is 0.157 e. The van der Waals surface area contributed by atoms with Crippen molar-refractivity contribution in [3.8, 4) is 0 Å². The van der Waals surface area contributed by atoms with Gasteiger partial charge in [0.1, 0.15) is 11.0 Å². The summed E-state index contributed by atoms with van der Waals surface area (Å²) >= 11 is 0. The minimum Gasteiger partial charge on any atom is -0.299 e. The van der Waals surface area contributed by atoms with Gasteiger partial charge >= 0.3 is 0 Å². The molecule has 0 amide bonds. The molecule has 0 rings (SSSR count). The molecule has 0 bridgehead atoms. The van der Waals surface area contributed by atoms with Crippen molar-refractivity contribution in [3.05, 3.63) is 0 Å². The van der Waals surface area contributed by atoms with Crippen LogP contribution in [0.5, 0.6) is 0 Å². The first-order chi connectivity index (χ1) is 3.85. The molecule has 0 radical (unpaired) electrons. The summed E-state index contributed by atoms with van der Waals surface area (Å²) in [7, 11) is -3.15. The number of ketones is 1. The molecule has 1 unspecified atom stereocenters. The van der Waals surface area contributed by atoms with Crippen molar-refractivity contribution in [2.24, 2.45) is 0 Å². The van der Waals surface area contributed by atoms with E-state index in [2.05, 4.69) is 0 Å². The van der Waals surface area contributed by atoms with Crippen LogP contribution in [0.3, 0.4) is 0 Å². The Morgan fingerprint density at radius 3 is 1.78 bits per heavy atom. The Kier molecular flexibility index (Phi) is 2.37. The number of Topliss-reactive ketones (excluding diaryl/α,β-unsaturated/α-hetero) is 1. The highest BCUT2D eigenvalue weighted by Crippen LogP contribution is 1.97. The van der Waals surface area contributed by atoms with Crippen LogP contribution >= 0.6 is 0 Å². The molecule has 0 heterocycles. The maximum absolute atomic E-state index is 10.6. The normalized spacial score (nSPS) is 15.0. The lowest BCUT2D eigenvalue weighted by molar-refractivity contribution is -0.116. The van der Waals surface area contributed by atoms with Crippen molar-refractivity contribution < 1.29 is 13.2 Å². The van der Waals surface area contributed by atoms with Crippen LogP contribution in [0, 0.1) is 0 Å². The van der Waals surface area contributed by atoms with Crippen molar-refractivity contribution >= 4 is 15.6 Å². The maximum atomic E-state index is 10.6. The van der Waals surface area contributed by atoms with Crippen LogP contribution < -0.4 is 0 Å². The molecule has 0 spiro atoms. The molecule has 0 saturated carbocycles. The molecule has 0 saturated heterocycles. The molecule has 0 aromatic rings. The molecule has 9 heavy (non-hydrogen) atoms. The van der Waals surface area contributed by atoms with Crippen LogP contribution in [0.1, 0.15) is 13.8 Å². The van der Waals surface area contributed by atoms with Gasteiger partial charge in [-0.1, -0.05) is 0 Å². The predicted octanol–water partition coefficient (Wildman–Crippen LogP) is 0.00850. The third-order valence-corrected chi connectivity index (χ3v) is 2.83. The van der Waals surface area contributed by atoms with E-state index < -0.39 is 15.1 Å². The molecule has 0 aliphatic heterocycles. The zero-order valence-corrected chi connectivity index (χ0v) is 6.53. The average molecular weight is 150 g/mol. The first kappa shape index (κ1) is 8.62. The highest BCUT2D eigenvalue weighted by molar-refractivity contribution is 7.92. The molecule has 0 fully saturated rings. The first-order valence-electron chi connectivity index (χ1n) is 2.55. The standard InChI is InChI=1S/C5H10O3S/c1-4(6)5(2)9(3,7)8/h5H,1-3H3. The molecule has 0 aromatic heterocycles. The molecule has 0 aliphatic carbocycles. The predicted molar refractivity (Wildman–Crippen MR) is 35.0 cm³/mol. The minimum atomic E-state index is -3.15. The minimum absolute atomic E-state index is 0.308. The van der Waals surface area contributed by atoms with Gasteiger partial charge in [-0.15, -0.1) is 0 Å². The Labute approximate surface area is 55.0 Å². The largest absolute Gasteiger partial charge is 0.299 e. The van der Waals surface area contributed by atoms with Crippen LogP contribution in [0.2, 0.25) is 0 Å². The molecule has 0 aliphatic rings. The Balaban J connectivity index is 4.43. The van der Waals surface area contributed by atoms with Crippen LogP contribution in [-0.2, 0) is 14.6 Å². The van der Waals surface area contributed by atoms with E-state index in [1.54, 1.807) is 0 Å². The van der Waals surface area contributed by atoms with Crippen molar-refractivity contribution in [1.82, 2.24) is 0 Å². The van der Waals surface area contributed by atoms with Crippen molar-refractivity contribution in [1.29, 1.82) is 0 Å². The number of carbonyl (C=O) groups excluding carboxylic acids is 1. The van der Waals surface area contributed by atoms with Crippen LogP contribution in [-0.4, -0.2) is 25.7 Å². The SMILES string of the molecule is CC(=O)C(C)S(C)(=O)=O. The van der Waals surface area contributed by atoms with E-state index in [-0.39, 0.29) is 5.78 Å². The van der Waals surface area contributed by atoms with Crippen molar-refractivity contribution in [3.63, 3.8) is 0 Å². The van der Waals surface area contributed by atoms with Crippen LogP contribution in [0.25, 0.3) is 0 Å². The van der Waals surface area contributed by atoms with Gasteiger partial charge in [-0.3, -0.25) is 4.79 Å². The second-order valence-electron chi connectivity index (χ2n) is 2.08. The van der Waals surface area contributed by atoms with Crippen LogP contribution in [0.15, 0.2) is 0 Å². The third kappa shape index (κ3) is 2.60. The highest BCUT2D eigenvalue weighted by atomic mass is 32.2. The van der Waals surface area contributed by atoms with Gasteiger partial charge in [0, 0.05) is 6.26 Å². The average Bonchev–Trinajstić information content (AvgIpc) is 1.62. The lowest BCUT2D eigenvalue weighted by atomic mass is 10.3. The fourth-order valence-electron chi connectivity index (χ4n) is 0.301. The second kappa shape index (κ2) is 2.47. The third-order valence-electron chi connectivity index (χ3n) is 1.21. The number of hydrogen-bond donors (Lipinski definition) is 0. The first-order valence-corrected chi connectivity index (χ1v) is 4.50. The zero-order valence-electron chi connectivity index (χ0n) is 5.71. The van der Waals surface area contributed by atoms with E-state index in [0.29, 0.717) is 0 Å². The Bertz CT molecular complexity index is 202. The molecule has 0 aromatic carbocycles. The van der Waals surface area contributed by atoms with Crippen LogP contribution in [0.4, 0.5) is 0 Å². The summed E-state index contributed by atoms with van der Waals surface area (Å²) in [5.41, 5.74) is 0. The van der Waals surface area contributed by atoms with E-state index in [4.69, 9.17) is 0 Å². The molecule has 54 valence electrons. The monoisotopic (exact) mass is 150 g/mol. The lowest BCUT2D eigenvalue weighted by Crippen LogP contribution is -2.23. The van der Waals surface area contributed by atoms with Gasteiger partial charge in [0.05, 0.1) is 0 Å². The molecule has 0 N–H and O–H groups in total. The van der Waals surface area contributed by atoms with Crippen molar-refractivity contribution in [2.45, 2.75) is 19.1 Å². The summed E-state index contributed by atoms with van der Waals surface area (Å²) in [5.74, 6) is -0.308. The highest BCUT2D eigenvalue weighted by Gasteiger charge is 2.18. The van der Waals surface area contributed by atoms with Crippen molar-refractivity contribution in [2.75, 3.05) is 6.26 Å². The van der Waals surface area contributed by atoms with E-state index in [0.717, 1.165) is 6.26 Å². The van der Waals surface area contributed by atoms with E-state index in [1.165, 1.54) is 13.8 Å². The molecule has 4 heteroatoms. The van der Waals surface area contributed by atoms with Gasteiger partial charge in [-0.25, -0.2) is 8.42 Å². The van der Waals surface area contributed by atoms with Gasteiger partial charge in [-0.2, -0.15) is 0 Å². The lowest BCUT2D eigenvalue weighted by Gasteiger charge is -2.01. The number of hydrogen-bond acceptors (Lipinski definition) is 3. The van der Waals surface area contributed by atoms with Gasteiger partial charge < -0.3 is 0 Å². The van der Waals surface area contributed by atoms with E-state index >= 15 is 0 Å². The molecular weight excluding hydrogens is 140 g/mol. The summed E-state index contributed by atoms with van der Waals surface area (Å²) in [5, 5.41) is -0.850. The number of sulfone groups is 1. The Hall–Kier alpha value is -0.380. The van der Waals surface area contributed by atoms with E-state index in [9.17, 15) is 13.2 Å².